The van der Waals surface area contributed by atoms with Crippen LogP contribution in [0.5, 0.6) is 0 Å². The van der Waals surface area contributed by atoms with Crippen molar-refractivity contribution in [2.24, 2.45) is 0 Å². The molecule has 0 saturated heterocycles. The number of hydrogen-bond donors (Lipinski definition) is 1. The first-order chi connectivity index (χ1) is 11.7. The maximum Gasteiger partial charge on any atom is 0.133 e. The summed E-state index contributed by atoms with van der Waals surface area (Å²) in [4.78, 5) is 0. The third-order valence-electron chi connectivity index (χ3n) is 4.47. The average Bonchev–Trinajstić information content (AvgIpc) is 2.76. The minimum absolute atomic E-state index is 0.229. The molecule has 0 aliphatic carbocycles. The lowest BCUT2D eigenvalue weighted by Gasteiger charge is -2.09. The smallest absolute Gasteiger partial charge is 0.133 e. The Labute approximate surface area is 141 Å². The number of aromatic nitrogens is 2. The lowest BCUT2D eigenvalue weighted by Crippen LogP contribution is -2.07. The zero-order valence-electron chi connectivity index (χ0n) is 13.7. The Hall–Kier alpha value is -2.62. The molecule has 2 aromatic carbocycles. The first kappa shape index (κ1) is 14.9. The number of benzene rings is 2. The van der Waals surface area contributed by atoms with E-state index >= 15 is 0 Å². The predicted molar refractivity (Wildman–Crippen MR) is 95.1 cm³/mol. The van der Waals surface area contributed by atoms with Crippen LogP contribution in [0, 0.1) is 12.7 Å². The van der Waals surface area contributed by atoms with Gasteiger partial charge in [0.15, 0.2) is 0 Å². The van der Waals surface area contributed by atoms with Gasteiger partial charge in [-0.1, -0.05) is 24.3 Å². The van der Waals surface area contributed by atoms with Gasteiger partial charge in [-0.15, -0.1) is 0 Å². The third kappa shape index (κ3) is 2.68. The van der Waals surface area contributed by atoms with E-state index in [9.17, 15) is 4.39 Å². The van der Waals surface area contributed by atoms with Crippen LogP contribution in [0.3, 0.4) is 0 Å². The van der Waals surface area contributed by atoms with Gasteiger partial charge in [-0.3, -0.25) is 0 Å². The van der Waals surface area contributed by atoms with E-state index in [1.165, 1.54) is 17.2 Å². The molecule has 0 fully saturated rings. The van der Waals surface area contributed by atoms with E-state index in [-0.39, 0.29) is 5.82 Å². The summed E-state index contributed by atoms with van der Waals surface area (Å²) in [6.45, 7) is 3.01. The van der Waals surface area contributed by atoms with Crippen LogP contribution in [0.1, 0.15) is 24.0 Å². The van der Waals surface area contributed by atoms with Gasteiger partial charge in [0.2, 0.25) is 0 Å². The standard InChI is InChI=1S/C20H20FN3/c1-14-6-4-9-17(12-14)24-20-18(10-2-3-11-22-20)19(23-24)15-7-5-8-16(21)13-15/h4-9,12-13,22H,2-3,10-11H2,1H3. The van der Waals surface area contributed by atoms with Gasteiger partial charge in [0.1, 0.15) is 11.6 Å². The molecule has 3 aromatic rings. The fraction of sp³-hybridized carbons (Fsp3) is 0.250. The van der Waals surface area contributed by atoms with Gasteiger partial charge < -0.3 is 5.32 Å². The molecular formula is C20H20FN3. The molecule has 4 rings (SSSR count). The van der Waals surface area contributed by atoms with Gasteiger partial charge >= 0.3 is 0 Å². The molecule has 122 valence electrons. The molecule has 0 bridgehead atoms. The Balaban J connectivity index is 1.92. The molecule has 4 heteroatoms. The van der Waals surface area contributed by atoms with E-state index in [1.807, 2.05) is 16.8 Å². The van der Waals surface area contributed by atoms with E-state index in [1.54, 1.807) is 12.1 Å². The second-order valence-corrected chi connectivity index (χ2v) is 6.32. The van der Waals surface area contributed by atoms with Gasteiger partial charge in [-0.05, 0) is 56.0 Å². The Morgan fingerprint density at radius 3 is 2.79 bits per heavy atom. The number of nitrogens with one attached hydrogen (secondary N) is 1. The Morgan fingerprint density at radius 1 is 1.08 bits per heavy atom. The number of anilines is 1. The summed E-state index contributed by atoms with van der Waals surface area (Å²) in [5.41, 5.74) is 5.11. The molecule has 0 saturated carbocycles. The van der Waals surface area contributed by atoms with Crippen LogP contribution in [0.25, 0.3) is 16.9 Å². The normalized spacial score (nSPS) is 13.9. The molecule has 0 atom stereocenters. The summed E-state index contributed by atoms with van der Waals surface area (Å²) in [5, 5.41) is 8.37. The quantitative estimate of drug-likeness (QED) is 0.739. The molecule has 1 aliphatic heterocycles. The van der Waals surface area contributed by atoms with Gasteiger partial charge in [-0.2, -0.15) is 5.10 Å². The van der Waals surface area contributed by atoms with Gasteiger partial charge in [0.25, 0.3) is 0 Å². The minimum Gasteiger partial charge on any atom is -0.370 e. The summed E-state index contributed by atoms with van der Waals surface area (Å²) in [6, 6.07) is 15.0. The Morgan fingerprint density at radius 2 is 1.96 bits per heavy atom. The molecule has 0 radical (unpaired) electrons. The molecule has 0 spiro atoms. The van der Waals surface area contributed by atoms with Crippen LogP contribution in [0.2, 0.25) is 0 Å². The molecule has 24 heavy (non-hydrogen) atoms. The average molecular weight is 321 g/mol. The van der Waals surface area contributed by atoms with Crippen LogP contribution < -0.4 is 5.32 Å². The molecule has 0 amide bonds. The van der Waals surface area contributed by atoms with Crippen molar-refractivity contribution in [2.45, 2.75) is 26.2 Å². The summed E-state index contributed by atoms with van der Waals surface area (Å²) in [5.74, 6) is 0.810. The van der Waals surface area contributed by atoms with Crippen molar-refractivity contribution < 1.29 is 4.39 Å². The van der Waals surface area contributed by atoms with Crippen LogP contribution in [0.4, 0.5) is 10.2 Å². The zero-order valence-corrected chi connectivity index (χ0v) is 13.7. The third-order valence-corrected chi connectivity index (χ3v) is 4.47. The van der Waals surface area contributed by atoms with Crippen LogP contribution in [0.15, 0.2) is 48.5 Å². The Kier molecular flexibility index (Phi) is 3.81. The minimum atomic E-state index is -0.229. The highest BCUT2D eigenvalue weighted by molar-refractivity contribution is 5.71. The molecule has 0 unspecified atom stereocenters. The van der Waals surface area contributed by atoms with Gasteiger partial charge in [-0.25, -0.2) is 9.07 Å². The van der Waals surface area contributed by atoms with Crippen LogP contribution in [-0.4, -0.2) is 16.3 Å². The van der Waals surface area contributed by atoms with Crippen LogP contribution >= 0.6 is 0 Å². The number of fused-ring (bicyclic) bond motifs is 1. The van der Waals surface area contributed by atoms with Crippen molar-refractivity contribution in [1.29, 1.82) is 0 Å². The molecule has 1 N–H and O–H groups in total. The van der Waals surface area contributed by atoms with E-state index in [4.69, 9.17) is 5.10 Å². The van der Waals surface area contributed by atoms with Gasteiger partial charge in [0, 0.05) is 17.7 Å². The second kappa shape index (κ2) is 6.11. The zero-order chi connectivity index (χ0) is 16.5. The lowest BCUT2D eigenvalue weighted by atomic mass is 10.0. The van der Waals surface area contributed by atoms with Crippen LogP contribution in [-0.2, 0) is 6.42 Å². The second-order valence-electron chi connectivity index (χ2n) is 6.32. The number of rotatable bonds is 2. The monoisotopic (exact) mass is 321 g/mol. The summed E-state index contributed by atoms with van der Waals surface area (Å²) < 4.78 is 15.7. The summed E-state index contributed by atoms with van der Waals surface area (Å²) in [7, 11) is 0. The molecule has 1 aliphatic rings. The highest BCUT2D eigenvalue weighted by Crippen LogP contribution is 2.34. The fourth-order valence-corrected chi connectivity index (χ4v) is 3.32. The number of halogens is 1. The van der Waals surface area contributed by atoms with E-state index in [0.717, 1.165) is 48.6 Å². The lowest BCUT2D eigenvalue weighted by molar-refractivity contribution is 0.628. The summed E-state index contributed by atoms with van der Waals surface area (Å²) >= 11 is 0. The maximum absolute atomic E-state index is 13.7. The highest BCUT2D eigenvalue weighted by Gasteiger charge is 2.21. The van der Waals surface area contributed by atoms with E-state index in [0.29, 0.717) is 0 Å². The first-order valence-electron chi connectivity index (χ1n) is 8.41. The van der Waals surface area contributed by atoms with E-state index < -0.39 is 0 Å². The predicted octanol–water partition coefficient (Wildman–Crippen LogP) is 4.74. The van der Waals surface area contributed by atoms with Crippen molar-refractivity contribution in [3.8, 4) is 16.9 Å². The maximum atomic E-state index is 13.7. The van der Waals surface area contributed by atoms with Crippen molar-refractivity contribution in [2.75, 3.05) is 11.9 Å². The largest absolute Gasteiger partial charge is 0.370 e. The number of nitrogens with zero attached hydrogens (tertiary/aromatic N) is 2. The highest BCUT2D eigenvalue weighted by atomic mass is 19.1. The molecule has 1 aromatic heterocycles. The van der Waals surface area contributed by atoms with E-state index in [2.05, 4.69) is 30.4 Å². The topological polar surface area (TPSA) is 29.9 Å². The van der Waals surface area contributed by atoms with Crippen molar-refractivity contribution in [3.05, 3.63) is 65.5 Å². The fourth-order valence-electron chi connectivity index (χ4n) is 3.32. The number of aryl methyl sites for hydroxylation is 1. The molecule has 3 nitrogen and oxygen atoms in total. The van der Waals surface area contributed by atoms with Crippen molar-refractivity contribution >= 4 is 5.82 Å². The van der Waals surface area contributed by atoms with Gasteiger partial charge in [0.05, 0.1) is 11.4 Å². The Bertz CT molecular complexity index is 812. The number of hydrogen-bond acceptors (Lipinski definition) is 2. The summed E-state index contributed by atoms with van der Waals surface area (Å²) in [6.07, 6.45) is 3.20. The van der Waals surface area contributed by atoms with Crippen molar-refractivity contribution in [1.82, 2.24) is 9.78 Å². The SMILES string of the molecule is Cc1cccc(-n2nc(-c3cccc(F)c3)c3c2NCCCC3)c1. The van der Waals surface area contributed by atoms with Crippen molar-refractivity contribution in [3.63, 3.8) is 0 Å². The molecule has 2 heterocycles. The first-order valence-corrected chi connectivity index (χ1v) is 8.41. The molecular weight excluding hydrogens is 301 g/mol.